The molecule has 0 spiro atoms. The number of allylic oxidation sites excluding steroid dienone is 1. The van der Waals surface area contributed by atoms with Gasteiger partial charge in [-0.25, -0.2) is 0 Å². The summed E-state index contributed by atoms with van der Waals surface area (Å²) in [5, 5.41) is 3.56. The van der Waals surface area contributed by atoms with Crippen LogP contribution in [0.5, 0.6) is 5.75 Å². The first-order chi connectivity index (χ1) is 9.53. The molecule has 1 aliphatic carbocycles. The highest BCUT2D eigenvalue weighted by Crippen LogP contribution is 2.40. The van der Waals surface area contributed by atoms with Crippen molar-refractivity contribution in [3.05, 3.63) is 35.4 Å². The Labute approximate surface area is 135 Å². The van der Waals surface area contributed by atoms with Crippen molar-refractivity contribution in [3.63, 3.8) is 0 Å². The van der Waals surface area contributed by atoms with E-state index in [1.807, 2.05) is 19.1 Å². The Hall–Kier alpha value is -1.15. The third-order valence-electron chi connectivity index (χ3n) is 4.30. The van der Waals surface area contributed by atoms with E-state index in [-0.39, 0.29) is 12.4 Å². The average molecular weight is 310 g/mol. The van der Waals surface area contributed by atoms with Crippen molar-refractivity contribution in [1.29, 1.82) is 0 Å². The molecule has 0 aromatic heterocycles. The van der Waals surface area contributed by atoms with Gasteiger partial charge in [-0.1, -0.05) is 25.5 Å². The Balaban J connectivity index is 0.00000220. The van der Waals surface area contributed by atoms with Crippen molar-refractivity contribution >= 4 is 18.1 Å². The predicted molar refractivity (Wildman–Crippen MR) is 93.7 cm³/mol. The molecule has 0 atom stereocenters. The van der Waals surface area contributed by atoms with Crippen molar-refractivity contribution in [1.82, 2.24) is 0 Å². The molecule has 0 radical (unpaired) electrons. The fraction of sp³-hybridized carbons (Fsp3) is 0.556. The van der Waals surface area contributed by atoms with Gasteiger partial charge in [0.2, 0.25) is 0 Å². The lowest BCUT2D eigenvalue weighted by Crippen LogP contribution is -2.25. The molecule has 118 valence electrons. The number of rotatable bonds is 5. The summed E-state index contributed by atoms with van der Waals surface area (Å²) in [6, 6.07) is 8.23. The minimum absolute atomic E-state index is 0. The molecule has 0 saturated carbocycles. The van der Waals surface area contributed by atoms with Crippen LogP contribution in [-0.2, 0) is 0 Å². The first-order valence-electron chi connectivity index (χ1n) is 7.69. The molecule has 1 aromatic rings. The number of benzene rings is 1. The van der Waals surface area contributed by atoms with Gasteiger partial charge >= 0.3 is 0 Å². The van der Waals surface area contributed by atoms with Gasteiger partial charge in [0.1, 0.15) is 5.75 Å². The van der Waals surface area contributed by atoms with Crippen LogP contribution in [0.15, 0.2) is 35.4 Å². The van der Waals surface area contributed by atoms with Gasteiger partial charge in [0, 0.05) is 18.3 Å². The van der Waals surface area contributed by atoms with E-state index in [1.54, 1.807) is 11.1 Å². The highest BCUT2D eigenvalue weighted by Gasteiger charge is 2.27. The number of ether oxygens (including phenoxy) is 1. The molecule has 0 bridgehead atoms. The summed E-state index contributed by atoms with van der Waals surface area (Å²) in [7, 11) is 0. The Kier molecular flexibility index (Phi) is 6.60. The van der Waals surface area contributed by atoms with E-state index in [2.05, 4.69) is 38.2 Å². The maximum Gasteiger partial charge on any atom is 0.121 e. The van der Waals surface area contributed by atoms with E-state index >= 15 is 0 Å². The summed E-state index contributed by atoms with van der Waals surface area (Å²) in [6.07, 6.45) is 3.86. The molecule has 21 heavy (non-hydrogen) atoms. The highest BCUT2D eigenvalue weighted by atomic mass is 35.5. The van der Waals surface area contributed by atoms with E-state index in [0.717, 1.165) is 18.0 Å². The van der Waals surface area contributed by atoms with Crippen molar-refractivity contribution < 1.29 is 4.74 Å². The Morgan fingerprint density at radius 1 is 1.29 bits per heavy atom. The second-order valence-electron chi connectivity index (χ2n) is 6.31. The minimum Gasteiger partial charge on any atom is -0.494 e. The van der Waals surface area contributed by atoms with E-state index in [1.165, 1.54) is 19.3 Å². The molecule has 1 aromatic carbocycles. The average Bonchev–Trinajstić information content (AvgIpc) is 2.38. The van der Waals surface area contributed by atoms with Crippen LogP contribution in [0.2, 0.25) is 0 Å². The van der Waals surface area contributed by atoms with Gasteiger partial charge in [-0.2, -0.15) is 0 Å². The van der Waals surface area contributed by atoms with E-state index in [9.17, 15) is 0 Å². The molecule has 0 heterocycles. The van der Waals surface area contributed by atoms with Gasteiger partial charge in [-0.05, 0) is 56.2 Å². The molecular weight excluding hydrogens is 282 g/mol. The summed E-state index contributed by atoms with van der Waals surface area (Å²) in [4.78, 5) is 0. The molecule has 1 aliphatic rings. The van der Waals surface area contributed by atoms with Gasteiger partial charge in [0.15, 0.2) is 0 Å². The van der Waals surface area contributed by atoms with Gasteiger partial charge in [-0.15, -0.1) is 12.4 Å². The highest BCUT2D eigenvalue weighted by molar-refractivity contribution is 5.85. The zero-order valence-electron chi connectivity index (χ0n) is 13.7. The van der Waals surface area contributed by atoms with E-state index < -0.39 is 0 Å². The van der Waals surface area contributed by atoms with Gasteiger partial charge in [-0.3, -0.25) is 0 Å². The normalized spacial score (nSPS) is 17.1. The van der Waals surface area contributed by atoms with Gasteiger partial charge in [0.05, 0.1) is 6.61 Å². The second-order valence-corrected chi connectivity index (χ2v) is 6.31. The van der Waals surface area contributed by atoms with E-state index in [4.69, 9.17) is 4.74 Å². The van der Waals surface area contributed by atoms with Crippen LogP contribution in [0.4, 0.5) is 5.69 Å². The molecule has 0 aliphatic heterocycles. The number of anilines is 1. The van der Waals surface area contributed by atoms with E-state index in [0.29, 0.717) is 12.0 Å². The number of hydrogen-bond acceptors (Lipinski definition) is 2. The molecular formula is C18H28ClNO. The van der Waals surface area contributed by atoms with Crippen LogP contribution in [0.1, 0.15) is 47.0 Å². The first-order valence-corrected chi connectivity index (χ1v) is 7.69. The standard InChI is InChI=1S/C18H27NO.ClH/c1-5-20-16-10-6-9-15(12-16)19-13-17-14(2)8-7-11-18(17,3)4;/h6,9-10,12,19H,5,7-8,11,13H2,1-4H3;1H. The Morgan fingerprint density at radius 2 is 2.05 bits per heavy atom. The SMILES string of the molecule is CCOc1cccc(NCC2=C(C)CCCC2(C)C)c1.Cl. The van der Waals surface area contributed by atoms with Gasteiger partial charge < -0.3 is 10.1 Å². The zero-order valence-corrected chi connectivity index (χ0v) is 14.5. The lowest BCUT2D eigenvalue weighted by atomic mass is 9.73. The molecule has 3 heteroatoms. The third kappa shape index (κ3) is 4.67. The topological polar surface area (TPSA) is 21.3 Å². The van der Waals surface area contributed by atoms with Crippen molar-refractivity contribution in [2.24, 2.45) is 5.41 Å². The van der Waals surface area contributed by atoms with Crippen LogP contribution < -0.4 is 10.1 Å². The molecule has 0 saturated heterocycles. The second kappa shape index (κ2) is 7.74. The van der Waals surface area contributed by atoms with Crippen molar-refractivity contribution in [2.75, 3.05) is 18.5 Å². The van der Waals surface area contributed by atoms with Gasteiger partial charge in [0.25, 0.3) is 0 Å². The smallest absolute Gasteiger partial charge is 0.121 e. The monoisotopic (exact) mass is 309 g/mol. The summed E-state index contributed by atoms with van der Waals surface area (Å²) in [6.45, 7) is 10.7. The summed E-state index contributed by atoms with van der Waals surface area (Å²) < 4.78 is 5.55. The van der Waals surface area contributed by atoms with Crippen molar-refractivity contribution in [3.8, 4) is 5.75 Å². The molecule has 2 nitrogen and oxygen atoms in total. The quantitative estimate of drug-likeness (QED) is 0.731. The fourth-order valence-electron chi connectivity index (χ4n) is 3.12. The predicted octanol–water partition coefficient (Wildman–Crippen LogP) is 5.45. The lowest BCUT2D eigenvalue weighted by molar-refractivity contribution is 0.340. The number of halogens is 1. The first kappa shape index (κ1) is 17.9. The summed E-state index contributed by atoms with van der Waals surface area (Å²) in [5.41, 5.74) is 4.60. The lowest BCUT2D eigenvalue weighted by Gasteiger charge is -2.35. The van der Waals surface area contributed by atoms with Crippen LogP contribution in [0, 0.1) is 5.41 Å². The van der Waals surface area contributed by atoms with Crippen LogP contribution in [0.25, 0.3) is 0 Å². The maximum absolute atomic E-state index is 5.55. The number of hydrogen-bond donors (Lipinski definition) is 1. The molecule has 0 unspecified atom stereocenters. The third-order valence-corrected chi connectivity index (χ3v) is 4.30. The summed E-state index contributed by atoms with van der Waals surface area (Å²) >= 11 is 0. The Bertz CT molecular complexity index is 494. The van der Waals surface area contributed by atoms with Crippen LogP contribution in [0.3, 0.4) is 0 Å². The fourth-order valence-corrected chi connectivity index (χ4v) is 3.12. The Morgan fingerprint density at radius 3 is 2.71 bits per heavy atom. The molecule has 2 rings (SSSR count). The summed E-state index contributed by atoms with van der Waals surface area (Å²) in [5.74, 6) is 0.936. The molecule has 0 fully saturated rings. The van der Waals surface area contributed by atoms with Crippen LogP contribution in [-0.4, -0.2) is 13.2 Å². The van der Waals surface area contributed by atoms with Crippen molar-refractivity contribution in [2.45, 2.75) is 47.0 Å². The largest absolute Gasteiger partial charge is 0.494 e. The zero-order chi connectivity index (χ0) is 14.6. The number of nitrogens with one attached hydrogen (secondary N) is 1. The van der Waals surface area contributed by atoms with Crippen LogP contribution >= 0.6 is 12.4 Å². The molecule has 1 N–H and O–H groups in total. The maximum atomic E-state index is 5.55. The minimum atomic E-state index is 0. The molecule has 0 amide bonds.